The Morgan fingerprint density at radius 1 is 1.18 bits per heavy atom. The first-order valence-corrected chi connectivity index (χ1v) is 5.55. The zero-order valence-electron chi connectivity index (χ0n) is 8.78. The van der Waals surface area contributed by atoms with Crippen molar-refractivity contribution in [2.24, 2.45) is 0 Å². The quantitative estimate of drug-likeness (QED) is 0.765. The van der Waals surface area contributed by atoms with Crippen LogP contribution in [0.5, 0.6) is 0 Å². The minimum Gasteiger partial charge on any atom is -0.292 e. The second kappa shape index (κ2) is 4.72. The molecule has 96 valence electrons. The number of aryl methyl sites for hydroxylation is 1. The summed E-state index contributed by atoms with van der Waals surface area (Å²) < 4.78 is 60.9. The molecule has 0 fully saturated rings. The Morgan fingerprint density at radius 2 is 1.71 bits per heavy atom. The van der Waals surface area contributed by atoms with Crippen LogP contribution >= 0.6 is 11.3 Å². The smallest absolute Gasteiger partial charge is 0.292 e. The predicted octanol–water partition coefficient (Wildman–Crippen LogP) is 3.62. The van der Waals surface area contributed by atoms with Crippen LogP contribution in [0.3, 0.4) is 0 Å². The highest BCUT2D eigenvalue weighted by molar-refractivity contribution is 7.12. The number of hydrogen-bond acceptors (Lipinski definition) is 2. The predicted molar refractivity (Wildman–Crippen MR) is 53.4 cm³/mol. The lowest BCUT2D eigenvalue weighted by molar-refractivity contribution is -0.268. The lowest BCUT2D eigenvalue weighted by Crippen LogP contribution is -2.44. The van der Waals surface area contributed by atoms with Crippen LogP contribution in [-0.2, 0) is 17.6 Å². The highest BCUT2D eigenvalue weighted by Gasteiger charge is 2.62. The maximum Gasteiger partial charge on any atom is 0.461 e. The van der Waals surface area contributed by atoms with Gasteiger partial charge in [0.05, 0.1) is 0 Å². The molecule has 0 saturated carbocycles. The summed E-state index contributed by atoms with van der Waals surface area (Å²) in [5.74, 6) is -7.39. The van der Waals surface area contributed by atoms with Crippen molar-refractivity contribution in [2.45, 2.75) is 31.9 Å². The molecule has 0 aliphatic carbocycles. The van der Waals surface area contributed by atoms with Gasteiger partial charge in [0.15, 0.2) is 0 Å². The zero-order valence-corrected chi connectivity index (χ0v) is 9.59. The van der Waals surface area contributed by atoms with Crippen molar-refractivity contribution >= 4 is 17.1 Å². The van der Waals surface area contributed by atoms with E-state index in [0.717, 1.165) is 16.2 Å². The van der Waals surface area contributed by atoms with Crippen molar-refractivity contribution in [2.75, 3.05) is 0 Å². The lowest BCUT2D eigenvalue weighted by Gasteiger charge is -2.17. The molecular formula is C10H9F5OS. The third kappa shape index (κ3) is 3.02. The van der Waals surface area contributed by atoms with E-state index >= 15 is 0 Å². The third-order valence-electron chi connectivity index (χ3n) is 2.11. The van der Waals surface area contributed by atoms with Crippen LogP contribution in [-0.4, -0.2) is 17.9 Å². The Labute approximate surface area is 98.3 Å². The summed E-state index contributed by atoms with van der Waals surface area (Å²) in [5, 5.41) is 0. The molecule has 0 amide bonds. The molecule has 0 N–H and O–H groups in total. The van der Waals surface area contributed by atoms with E-state index in [0.29, 0.717) is 6.42 Å². The van der Waals surface area contributed by atoms with E-state index in [4.69, 9.17) is 0 Å². The second-order valence-corrected chi connectivity index (χ2v) is 4.65. The maximum absolute atomic E-state index is 12.6. The van der Waals surface area contributed by atoms with Gasteiger partial charge in [0.25, 0.3) is 0 Å². The van der Waals surface area contributed by atoms with Crippen molar-refractivity contribution in [3.05, 3.63) is 21.9 Å². The van der Waals surface area contributed by atoms with Crippen LogP contribution in [0.4, 0.5) is 22.0 Å². The number of alkyl halides is 5. The first kappa shape index (κ1) is 14.1. The zero-order chi connectivity index (χ0) is 13.3. The number of Topliss-reactive ketones (excluding diaryl/α,β-unsaturated/α-hetero) is 1. The fourth-order valence-electron chi connectivity index (χ4n) is 1.13. The molecule has 1 nitrogen and oxygen atoms in total. The van der Waals surface area contributed by atoms with E-state index in [-0.39, 0.29) is 4.88 Å². The summed E-state index contributed by atoms with van der Waals surface area (Å²) in [7, 11) is 0. The van der Waals surface area contributed by atoms with Gasteiger partial charge >= 0.3 is 12.1 Å². The summed E-state index contributed by atoms with van der Waals surface area (Å²) in [6, 6.07) is 3.01. The van der Waals surface area contributed by atoms with Crippen LogP contribution < -0.4 is 0 Å². The minimum atomic E-state index is -5.82. The minimum absolute atomic E-state index is 0.218. The molecule has 0 unspecified atom stereocenters. The first-order valence-electron chi connectivity index (χ1n) is 4.74. The van der Waals surface area contributed by atoms with Gasteiger partial charge in [-0.05, 0) is 18.6 Å². The summed E-state index contributed by atoms with van der Waals surface area (Å²) in [4.78, 5) is 12.0. The molecular weight excluding hydrogens is 263 g/mol. The molecule has 0 aliphatic rings. The van der Waals surface area contributed by atoms with E-state index in [1.54, 1.807) is 6.07 Å². The molecule has 17 heavy (non-hydrogen) atoms. The molecule has 0 bridgehead atoms. The Hall–Kier alpha value is -0.980. The van der Waals surface area contributed by atoms with Crippen LogP contribution in [0.15, 0.2) is 12.1 Å². The van der Waals surface area contributed by atoms with Gasteiger partial charge in [-0.3, -0.25) is 4.79 Å². The number of hydrogen-bond donors (Lipinski definition) is 0. The number of rotatable bonds is 4. The highest BCUT2D eigenvalue weighted by Crippen LogP contribution is 2.37. The van der Waals surface area contributed by atoms with Gasteiger partial charge in [-0.2, -0.15) is 22.0 Å². The van der Waals surface area contributed by atoms with Gasteiger partial charge in [0.2, 0.25) is 5.78 Å². The fourth-order valence-corrected chi connectivity index (χ4v) is 2.09. The number of thiophene rings is 1. The van der Waals surface area contributed by atoms with Gasteiger partial charge in [-0.1, -0.05) is 6.92 Å². The number of carbonyl (C=O) groups excluding carboxylic acids is 1. The average molecular weight is 272 g/mol. The standard InChI is InChI=1S/C10H9F5OS/c1-2-6-3-4-7(17-6)5-8(16)9(11,12)10(13,14)15/h3-4H,2,5H2,1H3. The van der Waals surface area contributed by atoms with Crippen LogP contribution in [0, 0.1) is 0 Å². The summed E-state index contributed by atoms with van der Waals surface area (Å²) in [6.45, 7) is 1.82. The molecule has 0 spiro atoms. The fraction of sp³-hybridized carbons (Fsp3) is 0.500. The van der Waals surface area contributed by atoms with Crippen molar-refractivity contribution in [3.63, 3.8) is 0 Å². The number of halogens is 5. The molecule has 0 radical (unpaired) electrons. The Balaban J connectivity index is 2.79. The van der Waals surface area contributed by atoms with E-state index in [1.165, 1.54) is 6.07 Å². The molecule has 1 rings (SSSR count). The topological polar surface area (TPSA) is 17.1 Å². The summed E-state index contributed by atoms with van der Waals surface area (Å²) in [5.41, 5.74) is 0. The Bertz CT molecular complexity index is 407. The van der Waals surface area contributed by atoms with Gasteiger partial charge in [0, 0.05) is 16.2 Å². The van der Waals surface area contributed by atoms with Gasteiger partial charge in [-0.25, -0.2) is 0 Å². The Kier molecular flexibility index (Phi) is 3.91. The molecule has 1 heterocycles. The molecule has 0 atom stereocenters. The van der Waals surface area contributed by atoms with Crippen molar-refractivity contribution in [1.29, 1.82) is 0 Å². The van der Waals surface area contributed by atoms with Gasteiger partial charge in [0.1, 0.15) is 0 Å². The SMILES string of the molecule is CCc1ccc(CC(=O)C(F)(F)C(F)(F)F)s1. The maximum atomic E-state index is 12.6. The monoisotopic (exact) mass is 272 g/mol. The first-order chi connectivity index (χ1) is 7.68. The largest absolute Gasteiger partial charge is 0.461 e. The molecule has 0 aromatic carbocycles. The Morgan fingerprint density at radius 3 is 2.12 bits per heavy atom. The third-order valence-corrected chi connectivity index (χ3v) is 3.34. The molecule has 1 aromatic heterocycles. The van der Waals surface area contributed by atoms with Crippen LogP contribution in [0.1, 0.15) is 16.7 Å². The van der Waals surface area contributed by atoms with Crippen molar-refractivity contribution in [3.8, 4) is 0 Å². The highest BCUT2D eigenvalue weighted by atomic mass is 32.1. The van der Waals surface area contributed by atoms with Crippen LogP contribution in [0.25, 0.3) is 0 Å². The van der Waals surface area contributed by atoms with E-state index in [2.05, 4.69) is 0 Å². The molecule has 1 aromatic rings. The number of carbonyl (C=O) groups is 1. The molecule has 0 saturated heterocycles. The normalized spacial score (nSPS) is 12.8. The molecule has 7 heteroatoms. The van der Waals surface area contributed by atoms with E-state index < -0.39 is 24.3 Å². The van der Waals surface area contributed by atoms with Gasteiger partial charge < -0.3 is 0 Å². The van der Waals surface area contributed by atoms with E-state index in [1.807, 2.05) is 6.92 Å². The van der Waals surface area contributed by atoms with Gasteiger partial charge in [-0.15, -0.1) is 11.3 Å². The molecule has 0 aliphatic heterocycles. The summed E-state index contributed by atoms with van der Waals surface area (Å²) >= 11 is 1.07. The lowest BCUT2D eigenvalue weighted by atomic mass is 10.1. The van der Waals surface area contributed by atoms with Crippen molar-refractivity contribution < 1.29 is 26.7 Å². The average Bonchev–Trinajstić information content (AvgIpc) is 2.63. The summed E-state index contributed by atoms with van der Waals surface area (Å²) in [6.07, 6.45) is -6.07. The number of ketones is 1. The van der Waals surface area contributed by atoms with Crippen molar-refractivity contribution in [1.82, 2.24) is 0 Å². The van der Waals surface area contributed by atoms with Crippen LogP contribution in [0.2, 0.25) is 0 Å². The van der Waals surface area contributed by atoms with E-state index in [9.17, 15) is 26.7 Å². The second-order valence-electron chi connectivity index (χ2n) is 3.39.